The third-order valence-electron chi connectivity index (χ3n) is 2.61. The minimum atomic E-state index is -0.00363. The predicted molar refractivity (Wildman–Crippen MR) is 44.6 cm³/mol. The van der Waals surface area contributed by atoms with E-state index in [0.717, 1.165) is 19.4 Å². The number of hydrogen-bond acceptors (Lipinski definition) is 2. The summed E-state index contributed by atoms with van der Waals surface area (Å²) < 4.78 is 0. The molecule has 0 atom stereocenters. The molecule has 0 radical (unpaired) electrons. The molecule has 0 aromatic carbocycles. The number of amides is 1. The van der Waals surface area contributed by atoms with Gasteiger partial charge in [-0.05, 0) is 12.8 Å². The smallest absolute Gasteiger partial charge is 0.219 e. The molecule has 0 aromatic heterocycles. The fraction of sp³-hybridized carbons (Fsp3) is 0.857. The van der Waals surface area contributed by atoms with Crippen molar-refractivity contribution in [2.45, 2.75) is 31.3 Å². The van der Waals surface area contributed by atoms with Crippen molar-refractivity contribution in [1.29, 1.82) is 0 Å². The predicted octanol–water partition coefficient (Wildman–Crippen LogP) is 0.130. The SMILES string of the molecule is CC(=O)N1CC2(N)CC1C2.Cl. The lowest BCUT2D eigenvalue weighted by Gasteiger charge is -2.32. The summed E-state index contributed by atoms with van der Waals surface area (Å²) in [6, 6.07) is 0.475. The van der Waals surface area contributed by atoms with Crippen molar-refractivity contribution in [3.63, 3.8) is 0 Å². The zero-order valence-electron chi connectivity index (χ0n) is 6.54. The average molecular weight is 177 g/mol. The molecule has 1 aliphatic carbocycles. The van der Waals surface area contributed by atoms with Gasteiger partial charge in [-0.3, -0.25) is 4.79 Å². The summed E-state index contributed by atoms with van der Waals surface area (Å²) in [6.07, 6.45) is 2.04. The van der Waals surface area contributed by atoms with Crippen molar-refractivity contribution in [2.24, 2.45) is 5.73 Å². The molecule has 2 saturated heterocycles. The molecule has 64 valence electrons. The lowest BCUT2D eigenvalue weighted by atomic mass is 9.79. The highest BCUT2D eigenvalue weighted by Gasteiger charge is 2.53. The van der Waals surface area contributed by atoms with E-state index in [1.54, 1.807) is 6.92 Å². The van der Waals surface area contributed by atoms with Crippen molar-refractivity contribution >= 4 is 18.3 Å². The third-order valence-corrected chi connectivity index (χ3v) is 2.61. The number of carbonyl (C=O) groups is 1. The lowest BCUT2D eigenvalue weighted by molar-refractivity contribution is -0.128. The summed E-state index contributed by atoms with van der Waals surface area (Å²) in [7, 11) is 0. The summed E-state index contributed by atoms with van der Waals surface area (Å²) in [5, 5.41) is 0. The van der Waals surface area contributed by atoms with Crippen LogP contribution in [0.4, 0.5) is 0 Å². The first-order chi connectivity index (χ1) is 4.61. The van der Waals surface area contributed by atoms with E-state index in [2.05, 4.69) is 0 Å². The Morgan fingerprint density at radius 1 is 1.64 bits per heavy atom. The monoisotopic (exact) mass is 176 g/mol. The van der Waals surface area contributed by atoms with Gasteiger partial charge in [0, 0.05) is 25.0 Å². The van der Waals surface area contributed by atoms with E-state index in [4.69, 9.17) is 5.73 Å². The van der Waals surface area contributed by atoms with E-state index in [1.807, 2.05) is 4.90 Å². The minimum absolute atomic E-state index is 0. The topological polar surface area (TPSA) is 46.3 Å². The second kappa shape index (κ2) is 2.35. The fourth-order valence-corrected chi connectivity index (χ4v) is 2.07. The van der Waals surface area contributed by atoms with E-state index in [9.17, 15) is 4.79 Å². The highest BCUT2D eigenvalue weighted by atomic mass is 35.5. The van der Waals surface area contributed by atoms with E-state index >= 15 is 0 Å². The van der Waals surface area contributed by atoms with Gasteiger partial charge in [0.15, 0.2) is 0 Å². The first kappa shape index (κ1) is 8.81. The van der Waals surface area contributed by atoms with E-state index in [0.29, 0.717) is 6.04 Å². The normalized spacial score (nSPS) is 39.5. The molecule has 1 amide bonds. The maximum absolute atomic E-state index is 10.9. The number of hydrogen-bond donors (Lipinski definition) is 1. The molecular formula is C7H13ClN2O. The molecular weight excluding hydrogens is 164 g/mol. The molecule has 2 heterocycles. The average Bonchev–Trinajstić information content (AvgIpc) is 2.17. The van der Waals surface area contributed by atoms with Crippen LogP contribution in [0.3, 0.4) is 0 Å². The van der Waals surface area contributed by atoms with Crippen LogP contribution in [-0.2, 0) is 4.79 Å². The van der Waals surface area contributed by atoms with Gasteiger partial charge in [-0.25, -0.2) is 0 Å². The van der Waals surface area contributed by atoms with E-state index < -0.39 is 0 Å². The summed E-state index contributed by atoms with van der Waals surface area (Å²) in [4.78, 5) is 12.8. The van der Waals surface area contributed by atoms with Gasteiger partial charge < -0.3 is 10.6 Å². The molecule has 0 aromatic rings. The Morgan fingerprint density at radius 2 is 2.18 bits per heavy atom. The van der Waals surface area contributed by atoms with Gasteiger partial charge in [-0.1, -0.05) is 0 Å². The van der Waals surface area contributed by atoms with Crippen LogP contribution in [0.2, 0.25) is 0 Å². The summed E-state index contributed by atoms with van der Waals surface area (Å²) in [5.74, 6) is 0.176. The zero-order valence-corrected chi connectivity index (χ0v) is 7.36. The molecule has 11 heavy (non-hydrogen) atoms. The molecule has 0 spiro atoms. The minimum Gasteiger partial charge on any atom is -0.338 e. The lowest BCUT2D eigenvalue weighted by Crippen LogP contribution is -2.48. The highest BCUT2D eigenvalue weighted by Crippen LogP contribution is 2.42. The Labute approximate surface area is 72.3 Å². The molecule has 4 heteroatoms. The van der Waals surface area contributed by atoms with Crippen LogP contribution in [0.1, 0.15) is 19.8 Å². The van der Waals surface area contributed by atoms with Gasteiger partial charge in [-0.15, -0.1) is 12.4 Å². The number of nitrogens with zero attached hydrogens (tertiary/aromatic N) is 1. The van der Waals surface area contributed by atoms with Gasteiger partial charge in [0.2, 0.25) is 5.91 Å². The Balaban J connectivity index is 0.000000605. The third kappa shape index (κ3) is 1.12. The molecule has 1 saturated carbocycles. The second-order valence-electron chi connectivity index (χ2n) is 3.57. The second-order valence-corrected chi connectivity index (χ2v) is 3.57. The van der Waals surface area contributed by atoms with Crippen molar-refractivity contribution in [3.05, 3.63) is 0 Å². The van der Waals surface area contributed by atoms with Crippen LogP contribution < -0.4 is 5.73 Å². The van der Waals surface area contributed by atoms with Gasteiger partial charge in [0.1, 0.15) is 0 Å². The quantitative estimate of drug-likeness (QED) is 0.571. The molecule has 3 aliphatic rings. The molecule has 2 bridgehead atoms. The van der Waals surface area contributed by atoms with Crippen molar-refractivity contribution in [2.75, 3.05) is 6.54 Å². The molecule has 3 nitrogen and oxygen atoms in total. The molecule has 2 N–H and O–H groups in total. The van der Waals surface area contributed by atoms with Gasteiger partial charge in [-0.2, -0.15) is 0 Å². The Bertz CT molecular complexity index is 189. The zero-order chi connectivity index (χ0) is 7.35. The van der Waals surface area contributed by atoms with Crippen LogP contribution in [0.5, 0.6) is 0 Å². The first-order valence-corrected chi connectivity index (χ1v) is 3.67. The van der Waals surface area contributed by atoms with E-state index in [1.165, 1.54) is 0 Å². The molecule has 3 rings (SSSR count). The van der Waals surface area contributed by atoms with Gasteiger partial charge in [0.05, 0.1) is 0 Å². The summed E-state index contributed by atoms with van der Waals surface area (Å²) in [5.41, 5.74) is 5.87. The Kier molecular flexibility index (Phi) is 1.89. The molecule has 3 fully saturated rings. The maximum atomic E-state index is 10.9. The fourth-order valence-electron chi connectivity index (χ4n) is 2.07. The Morgan fingerprint density at radius 3 is 2.36 bits per heavy atom. The number of carbonyl (C=O) groups excluding carboxylic acids is 1. The van der Waals surface area contributed by atoms with Crippen LogP contribution in [0, 0.1) is 0 Å². The molecule has 0 unspecified atom stereocenters. The largest absolute Gasteiger partial charge is 0.338 e. The van der Waals surface area contributed by atoms with Gasteiger partial charge in [0.25, 0.3) is 0 Å². The van der Waals surface area contributed by atoms with Crippen LogP contribution >= 0.6 is 12.4 Å². The van der Waals surface area contributed by atoms with Crippen molar-refractivity contribution < 1.29 is 4.79 Å². The molecule has 2 aliphatic heterocycles. The van der Waals surface area contributed by atoms with Crippen LogP contribution in [0.15, 0.2) is 0 Å². The number of nitrogens with two attached hydrogens (primary N) is 1. The highest BCUT2D eigenvalue weighted by molar-refractivity contribution is 5.85. The van der Waals surface area contributed by atoms with Crippen LogP contribution in [-0.4, -0.2) is 28.9 Å². The van der Waals surface area contributed by atoms with Crippen LogP contribution in [0.25, 0.3) is 0 Å². The number of fused-ring (bicyclic) bond motifs is 1. The summed E-state index contributed by atoms with van der Waals surface area (Å²) >= 11 is 0. The maximum Gasteiger partial charge on any atom is 0.219 e. The number of rotatable bonds is 0. The van der Waals surface area contributed by atoms with Crippen molar-refractivity contribution in [3.8, 4) is 0 Å². The standard InChI is InChI=1S/C7H12N2O.ClH/c1-5(10)9-4-7(8)2-6(9)3-7;/h6H,2-4,8H2,1H3;1H. The van der Waals surface area contributed by atoms with Gasteiger partial charge >= 0.3 is 0 Å². The number of halogens is 1. The summed E-state index contributed by atoms with van der Waals surface area (Å²) in [6.45, 7) is 2.40. The Hall–Kier alpha value is -0.280. The van der Waals surface area contributed by atoms with Crippen molar-refractivity contribution in [1.82, 2.24) is 4.90 Å². The van der Waals surface area contributed by atoms with E-state index in [-0.39, 0.29) is 23.9 Å². The first-order valence-electron chi connectivity index (χ1n) is 3.67.